The van der Waals surface area contributed by atoms with Crippen LogP contribution in [0, 0.1) is 23.7 Å². The number of methoxy groups -OCH3 is 1. The van der Waals surface area contributed by atoms with E-state index in [4.69, 9.17) is 27.9 Å². The smallest absolute Gasteiger partial charge is 0.338 e. The molecule has 0 aliphatic heterocycles. The van der Waals surface area contributed by atoms with Gasteiger partial charge in [-0.25, -0.2) is 4.79 Å². The van der Waals surface area contributed by atoms with Gasteiger partial charge in [0.1, 0.15) is 6.10 Å². The molecule has 0 aromatic heterocycles. The van der Waals surface area contributed by atoms with Gasteiger partial charge in [-0.3, -0.25) is 19.2 Å². The predicted octanol–water partition coefficient (Wildman–Crippen LogP) is 4.24. The SMILES string of the molecule is COC(=O)[C@@H]1[C@@H](C(=O)O)[C@H](C(=O)O)[C@@H]1C(=O)N[C@@H](C)[C@@H](Cc1ccc(Cl)c(Cl)c1)OC(=O)c1ccc2ccccc2c1. The van der Waals surface area contributed by atoms with Crippen molar-refractivity contribution in [2.75, 3.05) is 7.11 Å². The Morgan fingerprint density at radius 2 is 1.48 bits per heavy atom. The van der Waals surface area contributed by atoms with Crippen molar-refractivity contribution in [3.05, 3.63) is 81.8 Å². The summed E-state index contributed by atoms with van der Waals surface area (Å²) in [6.45, 7) is 1.55. The molecule has 0 saturated heterocycles. The molecule has 3 N–H and O–H groups in total. The third-order valence-electron chi connectivity index (χ3n) is 7.49. The molecule has 1 aliphatic rings. The second-order valence-electron chi connectivity index (χ2n) is 10.1. The van der Waals surface area contributed by atoms with E-state index in [1.165, 1.54) is 0 Å². The van der Waals surface area contributed by atoms with Crippen LogP contribution in [0.2, 0.25) is 10.0 Å². The highest BCUT2D eigenvalue weighted by atomic mass is 35.5. The molecule has 0 spiro atoms. The molecule has 1 saturated carbocycles. The number of carboxylic acid groups (broad SMARTS) is 2. The highest BCUT2D eigenvalue weighted by Crippen LogP contribution is 2.47. The molecule has 3 aromatic carbocycles. The summed E-state index contributed by atoms with van der Waals surface area (Å²) in [5.41, 5.74) is 0.901. The lowest BCUT2D eigenvalue weighted by Gasteiger charge is -2.45. The van der Waals surface area contributed by atoms with E-state index in [0.717, 1.165) is 17.9 Å². The Labute approximate surface area is 250 Å². The first-order chi connectivity index (χ1) is 19.9. The van der Waals surface area contributed by atoms with Crippen LogP contribution >= 0.6 is 23.2 Å². The number of hydrogen-bond acceptors (Lipinski definition) is 7. The molecule has 220 valence electrons. The zero-order valence-corrected chi connectivity index (χ0v) is 24.0. The summed E-state index contributed by atoms with van der Waals surface area (Å²) < 4.78 is 10.5. The Balaban J connectivity index is 1.60. The molecular weight excluding hydrogens is 589 g/mol. The van der Waals surface area contributed by atoms with Gasteiger partial charge < -0.3 is 25.0 Å². The molecule has 1 amide bonds. The Hall–Kier alpha value is -4.15. The first-order valence-electron chi connectivity index (χ1n) is 12.9. The highest BCUT2D eigenvalue weighted by Gasteiger charge is 2.64. The fourth-order valence-corrected chi connectivity index (χ4v) is 5.59. The van der Waals surface area contributed by atoms with Gasteiger partial charge in [-0.15, -0.1) is 0 Å². The lowest BCUT2D eigenvalue weighted by Crippen LogP contribution is -2.63. The Morgan fingerprint density at radius 3 is 2.10 bits per heavy atom. The maximum atomic E-state index is 13.4. The third-order valence-corrected chi connectivity index (χ3v) is 8.23. The quantitative estimate of drug-likeness (QED) is 0.284. The summed E-state index contributed by atoms with van der Waals surface area (Å²) in [6, 6.07) is 16.5. The zero-order valence-electron chi connectivity index (χ0n) is 22.5. The minimum Gasteiger partial charge on any atom is -0.481 e. The number of carbonyl (C=O) groups is 5. The number of aliphatic carboxylic acids is 2. The molecule has 42 heavy (non-hydrogen) atoms. The first-order valence-corrected chi connectivity index (χ1v) is 13.7. The van der Waals surface area contributed by atoms with Gasteiger partial charge in [-0.1, -0.05) is 59.6 Å². The van der Waals surface area contributed by atoms with Crippen molar-refractivity contribution in [2.24, 2.45) is 23.7 Å². The Bertz CT molecular complexity index is 1560. The average Bonchev–Trinajstić information content (AvgIpc) is 2.93. The van der Waals surface area contributed by atoms with Gasteiger partial charge in [0.25, 0.3) is 0 Å². The molecule has 10 nitrogen and oxygen atoms in total. The number of rotatable bonds is 10. The van der Waals surface area contributed by atoms with Crippen LogP contribution in [0.5, 0.6) is 0 Å². The summed E-state index contributed by atoms with van der Waals surface area (Å²) in [5, 5.41) is 24.2. The number of carbonyl (C=O) groups excluding carboxylic acids is 3. The van der Waals surface area contributed by atoms with Gasteiger partial charge >= 0.3 is 23.9 Å². The third kappa shape index (κ3) is 6.34. The zero-order chi connectivity index (χ0) is 30.7. The van der Waals surface area contributed by atoms with Crippen LogP contribution in [-0.2, 0) is 35.1 Å². The number of nitrogens with one attached hydrogen (secondary N) is 1. The van der Waals surface area contributed by atoms with Crippen molar-refractivity contribution in [3.63, 3.8) is 0 Å². The van der Waals surface area contributed by atoms with Crippen molar-refractivity contribution in [1.29, 1.82) is 0 Å². The van der Waals surface area contributed by atoms with Crippen LogP contribution in [0.25, 0.3) is 10.8 Å². The van der Waals surface area contributed by atoms with Crippen LogP contribution in [0.3, 0.4) is 0 Å². The van der Waals surface area contributed by atoms with Crippen LogP contribution in [-0.4, -0.2) is 59.3 Å². The van der Waals surface area contributed by atoms with Gasteiger partial charge in [-0.2, -0.15) is 0 Å². The van der Waals surface area contributed by atoms with E-state index in [9.17, 15) is 34.2 Å². The molecular formula is C30H27Cl2NO9. The second kappa shape index (κ2) is 12.8. The minimum atomic E-state index is -1.66. The molecule has 1 fully saturated rings. The number of benzene rings is 3. The molecule has 0 heterocycles. The van der Waals surface area contributed by atoms with E-state index in [1.807, 2.05) is 24.3 Å². The number of esters is 2. The number of carboxylic acids is 2. The molecule has 4 rings (SSSR count). The summed E-state index contributed by atoms with van der Waals surface area (Å²) in [7, 11) is 1.02. The number of fused-ring (bicyclic) bond motifs is 1. The van der Waals surface area contributed by atoms with Gasteiger partial charge in [0.2, 0.25) is 5.91 Å². The number of ether oxygens (including phenoxy) is 2. The van der Waals surface area contributed by atoms with Crippen molar-refractivity contribution < 1.29 is 43.7 Å². The Kier molecular flexibility index (Phi) is 9.38. The van der Waals surface area contributed by atoms with Gasteiger partial charge in [0, 0.05) is 6.42 Å². The lowest BCUT2D eigenvalue weighted by atomic mass is 9.56. The van der Waals surface area contributed by atoms with E-state index in [0.29, 0.717) is 10.6 Å². The maximum absolute atomic E-state index is 13.4. The van der Waals surface area contributed by atoms with Crippen LogP contribution in [0.15, 0.2) is 60.7 Å². The molecule has 3 aromatic rings. The topological polar surface area (TPSA) is 156 Å². The van der Waals surface area contributed by atoms with Crippen LogP contribution in [0.4, 0.5) is 0 Å². The summed E-state index contributed by atoms with van der Waals surface area (Å²) in [6.07, 6.45) is -0.900. The van der Waals surface area contributed by atoms with E-state index in [2.05, 4.69) is 10.1 Å². The van der Waals surface area contributed by atoms with Crippen LogP contribution < -0.4 is 5.32 Å². The van der Waals surface area contributed by atoms with E-state index in [1.54, 1.807) is 43.3 Å². The van der Waals surface area contributed by atoms with E-state index >= 15 is 0 Å². The first kappa shape index (κ1) is 30.8. The summed E-state index contributed by atoms with van der Waals surface area (Å²) in [4.78, 5) is 62.6. The fraction of sp³-hybridized carbons (Fsp3) is 0.300. The van der Waals surface area contributed by atoms with E-state index in [-0.39, 0.29) is 17.0 Å². The van der Waals surface area contributed by atoms with Crippen molar-refractivity contribution in [3.8, 4) is 0 Å². The van der Waals surface area contributed by atoms with Crippen molar-refractivity contribution in [2.45, 2.75) is 25.5 Å². The fourth-order valence-electron chi connectivity index (χ4n) is 5.27. The van der Waals surface area contributed by atoms with Gasteiger partial charge in [0.05, 0.1) is 52.4 Å². The molecule has 0 bridgehead atoms. The molecule has 6 atom stereocenters. The maximum Gasteiger partial charge on any atom is 0.338 e. The normalized spacial score (nSPS) is 21.0. The average molecular weight is 616 g/mol. The largest absolute Gasteiger partial charge is 0.481 e. The lowest BCUT2D eigenvalue weighted by molar-refractivity contribution is -0.188. The van der Waals surface area contributed by atoms with Crippen molar-refractivity contribution in [1.82, 2.24) is 5.32 Å². The molecule has 0 unspecified atom stereocenters. The molecule has 0 radical (unpaired) electrons. The van der Waals surface area contributed by atoms with Gasteiger partial charge in [-0.05, 0) is 47.5 Å². The number of hydrogen-bond donors (Lipinski definition) is 3. The summed E-state index contributed by atoms with van der Waals surface area (Å²) in [5.74, 6) is -12.0. The minimum absolute atomic E-state index is 0.0862. The number of amides is 1. The molecule has 1 aliphatic carbocycles. The van der Waals surface area contributed by atoms with E-state index < -0.39 is 65.6 Å². The van der Waals surface area contributed by atoms with Crippen molar-refractivity contribution >= 4 is 63.8 Å². The standard InChI is InChI=1S/C30H27Cl2NO9/c1-14(33-26(34)22-23(27(35)36)24(28(37)38)25(22)30(40)41-2)21(12-15-7-10-19(31)20(32)11-15)42-29(39)18-9-8-16-5-3-4-6-17(16)13-18/h3-11,13-14,21-25H,12H2,1-2H3,(H,33,34)(H,35,36)(H,37,38)/t14-,21+,22-,23+,24-,25-/m0/s1. The number of halogens is 2. The van der Waals surface area contributed by atoms with Gasteiger partial charge in [0.15, 0.2) is 0 Å². The molecule has 12 heteroatoms. The highest BCUT2D eigenvalue weighted by molar-refractivity contribution is 6.42. The van der Waals surface area contributed by atoms with Crippen LogP contribution in [0.1, 0.15) is 22.8 Å². The Morgan fingerprint density at radius 1 is 0.833 bits per heavy atom. The summed E-state index contributed by atoms with van der Waals surface area (Å²) >= 11 is 12.2. The second-order valence-corrected chi connectivity index (χ2v) is 10.9. The predicted molar refractivity (Wildman–Crippen MR) is 152 cm³/mol. The monoisotopic (exact) mass is 615 g/mol.